The third-order valence-electron chi connectivity index (χ3n) is 3.45. The second kappa shape index (κ2) is 10.4. The van der Waals surface area contributed by atoms with Crippen LogP contribution in [0.15, 0.2) is 12.2 Å². The molecule has 0 unspecified atom stereocenters. The average molecular weight is 298 g/mol. The Hall–Kier alpha value is -1.36. The van der Waals surface area contributed by atoms with Gasteiger partial charge in [0, 0.05) is 5.57 Å². The lowest BCUT2D eigenvalue weighted by molar-refractivity contribution is -0.159. The Labute approximate surface area is 126 Å². The van der Waals surface area contributed by atoms with Gasteiger partial charge in [-0.3, -0.25) is 4.79 Å². The predicted molar refractivity (Wildman–Crippen MR) is 78.5 cm³/mol. The van der Waals surface area contributed by atoms with Crippen LogP contribution in [0.5, 0.6) is 0 Å². The van der Waals surface area contributed by atoms with Crippen molar-refractivity contribution in [3.63, 3.8) is 0 Å². The van der Waals surface area contributed by atoms with Crippen LogP contribution >= 0.6 is 0 Å². The summed E-state index contributed by atoms with van der Waals surface area (Å²) < 4.78 is 15.4. The fourth-order valence-corrected chi connectivity index (χ4v) is 2.15. The lowest BCUT2D eigenvalue weighted by Crippen LogP contribution is -2.20. The van der Waals surface area contributed by atoms with Gasteiger partial charge in [0.2, 0.25) is 0 Å². The molecule has 120 valence electrons. The maximum atomic E-state index is 11.6. The van der Waals surface area contributed by atoms with Crippen molar-refractivity contribution in [2.45, 2.75) is 64.4 Å². The second-order valence-electron chi connectivity index (χ2n) is 5.33. The first-order chi connectivity index (χ1) is 10.1. The average Bonchev–Trinajstić information content (AvgIpc) is 2.48. The van der Waals surface area contributed by atoms with E-state index < -0.39 is 11.9 Å². The normalized spacial score (nSPS) is 15.5. The fraction of sp³-hybridized carbons (Fsp3) is 0.750. The first kappa shape index (κ1) is 17.7. The minimum atomic E-state index is -0.599. The van der Waals surface area contributed by atoms with Crippen molar-refractivity contribution in [1.82, 2.24) is 0 Å². The van der Waals surface area contributed by atoms with Crippen LogP contribution in [0.1, 0.15) is 58.3 Å². The van der Waals surface area contributed by atoms with Gasteiger partial charge >= 0.3 is 11.9 Å². The molecule has 0 bridgehead atoms. The van der Waals surface area contributed by atoms with Crippen molar-refractivity contribution < 1.29 is 23.8 Å². The molecule has 0 N–H and O–H groups in total. The summed E-state index contributed by atoms with van der Waals surface area (Å²) in [6, 6.07) is 0. The van der Waals surface area contributed by atoms with Gasteiger partial charge in [-0.1, -0.05) is 39.2 Å². The second-order valence-corrected chi connectivity index (χ2v) is 5.33. The number of ether oxygens (including phenoxy) is 3. The predicted octanol–water partition coefficient (Wildman–Crippen LogP) is 3.13. The molecule has 1 rings (SSSR count). The van der Waals surface area contributed by atoms with Crippen LogP contribution in [0, 0.1) is 0 Å². The first-order valence-corrected chi connectivity index (χ1v) is 7.75. The number of rotatable bonds is 9. The van der Waals surface area contributed by atoms with Crippen LogP contribution in [0.25, 0.3) is 0 Å². The van der Waals surface area contributed by atoms with E-state index in [1.54, 1.807) is 0 Å². The zero-order valence-corrected chi connectivity index (χ0v) is 12.9. The quantitative estimate of drug-likeness (QED) is 0.283. The standard InChI is InChI=1S/C16H26O5/c1-3-4-10-19-15(17)11-13(2)16(18)21-12-20-14-8-6-5-7-9-14/h14H,2-12H2,1H3. The Kier molecular flexibility index (Phi) is 8.74. The molecule has 0 amide bonds. The van der Waals surface area contributed by atoms with E-state index in [0.717, 1.165) is 38.5 Å². The molecule has 0 spiro atoms. The zero-order chi connectivity index (χ0) is 15.5. The van der Waals surface area contributed by atoms with Crippen molar-refractivity contribution in [1.29, 1.82) is 0 Å². The largest absolute Gasteiger partial charge is 0.465 e. The molecule has 0 aromatic carbocycles. The van der Waals surface area contributed by atoms with Gasteiger partial charge in [-0.25, -0.2) is 4.79 Å². The van der Waals surface area contributed by atoms with Gasteiger partial charge in [-0.2, -0.15) is 0 Å². The van der Waals surface area contributed by atoms with E-state index in [2.05, 4.69) is 6.58 Å². The highest BCUT2D eigenvalue weighted by Gasteiger charge is 2.17. The Balaban J connectivity index is 2.12. The molecule has 0 radical (unpaired) electrons. The number of carbonyl (C=O) groups excluding carboxylic acids is 2. The van der Waals surface area contributed by atoms with E-state index in [9.17, 15) is 9.59 Å². The van der Waals surface area contributed by atoms with E-state index in [4.69, 9.17) is 14.2 Å². The van der Waals surface area contributed by atoms with E-state index in [1.165, 1.54) is 6.42 Å². The Morgan fingerprint density at radius 3 is 2.52 bits per heavy atom. The van der Waals surface area contributed by atoms with Gasteiger partial charge < -0.3 is 14.2 Å². The summed E-state index contributed by atoms with van der Waals surface area (Å²) in [5.74, 6) is -1.04. The molecule has 5 nitrogen and oxygen atoms in total. The molecule has 1 aliphatic rings. The van der Waals surface area contributed by atoms with Crippen molar-refractivity contribution in [2.75, 3.05) is 13.4 Å². The van der Waals surface area contributed by atoms with Crippen LogP contribution in [0.4, 0.5) is 0 Å². The summed E-state index contributed by atoms with van der Waals surface area (Å²) in [6.45, 7) is 5.87. The molecular weight excluding hydrogens is 272 g/mol. The molecule has 0 aromatic rings. The Bertz CT molecular complexity index is 345. The molecule has 0 aliphatic heterocycles. The number of hydrogen-bond donors (Lipinski definition) is 0. The topological polar surface area (TPSA) is 61.8 Å². The SMILES string of the molecule is C=C(CC(=O)OCCCC)C(=O)OCOC1CCCCC1. The highest BCUT2D eigenvalue weighted by molar-refractivity contribution is 5.93. The van der Waals surface area contributed by atoms with Gasteiger partial charge in [-0.15, -0.1) is 0 Å². The first-order valence-electron chi connectivity index (χ1n) is 7.75. The summed E-state index contributed by atoms with van der Waals surface area (Å²) in [6.07, 6.45) is 7.42. The van der Waals surface area contributed by atoms with Crippen molar-refractivity contribution >= 4 is 11.9 Å². The summed E-state index contributed by atoms with van der Waals surface area (Å²) in [7, 11) is 0. The van der Waals surface area contributed by atoms with Gasteiger partial charge in [0.25, 0.3) is 0 Å². The minimum Gasteiger partial charge on any atom is -0.465 e. The maximum absolute atomic E-state index is 11.6. The summed E-state index contributed by atoms with van der Waals surface area (Å²) in [4.78, 5) is 23.1. The van der Waals surface area contributed by atoms with E-state index in [0.29, 0.717) is 6.61 Å². The van der Waals surface area contributed by atoms with E-state index in [-0.39, 0.29) is 24.9 Å². The highest BCUT2D eigenvalue weighted by Crippen LogP contribution is 2.20. The lowest BCUT2D eigenvalue weighted by atomic mass is 9.98. The van der Waals surface area contributed by atoms with Crippen molar-refractivity contribution in [3.8, 4) is 0 Å². The molecule has 21 heavy (non-hydrogen) atoms. The molecule has 0 atom stereocenters. The Morgan fingerprint density at radius 2 is 1.86 bits per heavy atom. The molecular formula is C16H26O5. The maximum Gasteiger partial charge on any atom is 0.336 e. The van der Waals surface area contributed by atoms with Gasteiger partial charge in [0.05, 0.1) is 19.1 Å². The number of esters is 2. The number of unbranched alkanes of at least 4 members (excludes halogenated alkanes) is 1. The van der Waals surface area contributed by atoms with Crippen LogP contribution < -0.4 is 0 Å². The third kappa shape index (κ3) is 7.85. The summed E-state index contributed by atoms with van der Waals surface area (Å²) >= 11 is 0. The van der Waals surface area contributed by atoms with E-state index in [1.807, 2.05) is 6.92 Å². The summed E-state index contributed by atoms with van der Waals surface area (Å²) in [5, 5.41) is 0. The molecule has 1 aliphatic carbocycles. The smallest absolute Gasteiger partial charge is 0.336 e. The number of hydrogen-bond acceptors (Lipinski definition) is 5. The summed E-state index contributed by atoms with van der Waals surface area (Å²) in [5.41, 5.74) is 0.101. The van der Waals surface area contributed by atoms with Crippen LogP contribution in [0.2, 0.25) is 0 Å². The van der Waals surface area contributed by atoms with Crippen molar-refractivity contribution in [2.24, 2.45) is 0 Å². The van der Waals surface area contributed by atoms with Crippen LogP contribution in [0.3, 0.4) is 0 Å². The monoisotopic (exact) mass is 298 g/mol. The third-order valence-corrected chi connectivity index (χ3v) is 3.45. The molecule has 1 fully saturated rings. The van der Waals surface area contributed by atoms with E-state index >= 15 is 0 Å². The highest BCUT2D eigenvalue weighted by atomic mass is 16.7. The molecule has 5 heteroatoms. The molecule has 0 saturated heterocycles. The van der Waals surface area contributed by atoms with Crippen molar-refractivity contribution in [3.05, 3.63) is 12.2 Å². The van der Waals surface area contributed by atoms with Crippen LogP contribution in [-0.4, -0.2) is 31.4 Å². The minimum absolute atomic E-state index is 0.0760. The van der Waals surface area contributed by atoms with Crippen LogP contribution in [-0.2, 0) is 23.8 Å². The lowest BCUT2D eigenvalue weighted by Gasteiger charge is -2.21. The molecule has 0 heterocycles. The fourth-order valence-electron chi connectivity index (χ4n) is 2.15. The van der Waals surface area contributed by atoms with Gasteiger partial charge in [0.1, 0.15) is 0 Å². The van der Waals surface area contributed by atoms with Gasteiger partial charge in [-0.05, 0) is 19.3 Å². The molecule has 0 aromatic heterocycles. The van der Waals surface area contributed by atoms with Gasteiger partial charge in [0.15, 0.2) is 6.79 Å². The zero-order valence-electron chi connectivity index (χ0n) is 12.9. The number of carbonyl (C=O) groups is 2. The Morgan fingerprint density at radius 1 is 1.14 bits per heavy atom. The molecule has 1 saturated carbocycles.